The van der Waals surface area contributed by atoms with Gasteiger partial charge in [-0.2, -0.15) is 5.10 Å². The minimum atomic E-state index is 0.706. The normalized spacial score (nSPS) is 11.6. The fraction of sp³-hybridized carbons (Fsp3) is 0. The third kappa shape index (κ3) is 2.86. The van der Waals surface area contributed by atoms with E-state index in [2.05, 4.69) is 27.6 Å². The van der Waals surface area contributed by atoms with Crippen LogP contribution in [0.25, 0.3) is 32.4 Å². The van der Waals surface area contributed by atoms with E-state index in [0.29, 0.717) is 5.82 Å². The lowest BCUT2D eigenvalue weighted by molar-refractivity contribution is 1.27. The largest absolute Gasteiger partial charge is 0.261 e. The van der Waals surface area contributed by atoms with E-state index in [1.807, 2.05) is 79.0 Å². The van der Waals surface area contributed by atoms with Gasteiger partial charge in [0.25, 0.3) is 0 Å². The van der Waals surface area contributed by atoms with Crippen LogP contribution in [0.5, 0.6) is 0 Å². The smallest absolute Gasteiger partial charge is 0.146 e. The predicted octanol–water partition coefficient (Wildman–Crippen LogP) is 6.64. The standard InChI is InChI=1S/C24H16ClN3/c25-24-19-10-4-2-8-17(19)21(18-9-3-5-11-20(18)24)15-26-28-23-14-13-16-7-1-6-12-22(16)27-23/h1-15H,(H,27,28)/b26-15+. The molecule has 28 heavy (non-hydrogen) atoms. The molecule has 0 fully saturated rings. The summed E-state index contributed by atoms with van der Waals surface area (Å²) in [7, 11) is 0. The maximum absolute atomic E-state index is 6.66. The van der Waals surface area contributed by atoms with Crippen LogP contribution in [0, 0.1) is 0 Å². The van der Waals surface area contributed by atoms with Crippen molar-refractivity contribution in [1.29, 1.82) is 0 Å². The van der Waals surface area contributed by atoms with Crippen LogP contribution in [0.1, 0.15) is 5.56 Å². The second-order valence-electron chi connectivity index (χ2n) is 6.58. The Hall–Kier alpha value is -3.43. The Morgan fingerprint density at radius 3 is 2.04 bits per heavy atom. The van der Waals surface area contributed by atoms with Gasteiger partial charge in [0, 0.05) is 21.7 Å². The number of pyridine rings is 1. The van der Waals surface area contributed by atoms with Crippen LogP contribution in [0.3, 0.4) is 0 Å². The first-order valence-corrected chi connectivity index (χ1v) is 9.43. The molecule has 1 N–H and O–H groups in total. The number of nitrogens with one attached hydrogen (secondary N) is 1. The molecule has 0 aliphatic heterocycles. The number of aromatic nitrogens is 1. The number of hydrogen-bond donors (Lipinski definition) is 1. The lowest BCUT2D eigenvalue weighted by Crippen LogP contribution is -1.95. The maximum Gasteiger partial charge on any atom is 0.146 e. The SMILES string of the molecule is Clc1c2ccccc2c(/C=N/Nc2ccc3ccccc3n2)c2ccccc12. The van der Waals surface area contributed by atoms with E-state index in [-0.39, 0.29) is 0 Å². The third-order valence-electron chi connectivity index (χ3n) is 4.88. The molecular formula is C24H16ClN3. The van der Waals surface area contributed by atoms with Crippen molar-refractivity contribution in [1.82, 2.24) is 4.98 Å². The molecule has 1 aromatic heterocycles. The van der Waals surface area contributed by atoms with Crippen molar-refractivity contribution in [3.8, 4) is 0 Å². The fourth-order valence-electron chi connectivity index (χ4n) is 3.54. The van der Waals surface area contributed by atoms with E-state index in [1.165, 1.54) is 0 Å². The van der Waals surface area contributed by atoms with Gasteiger partial charge in [-0.15, -0.1) is 0 Å². The Bertz CT molecular complexity index is 1300. The van der Waals surface area contributed by atoms with Crippen molar-refractivity contribution in [2.24, 2.45) is 5.10 Å². The van der Waals surface area contributed by atoms with Crippen LogP contribution in [0.4, 0.5) is 5.82 Å². The molecule has 0 radical (unpaired) electrons. The van der Waals surface area contributed by atoms with Crippen molar-refractivity contribution < 1.29 is 0 Å². The number of para-hydroxylation sites is 1. The summed E-state index contributed by atoms with van der Waals surface area (Å²) in [4.78, 5) is 4.60. The molecule has 4 heteroatoms. The number of rotatable bonds is 3. The van der Waals surface area contributed by atoms with E-state index in [4.69, 9.17) is 11.6 Å². The number of anilines is 1. The Balaban J connectivity index is 1.59. The molecule has 0 atom stereocenters. The van der Waals surface area contributed by atoms with Gasteiger partial charge in [-0.05, 0) is 29.0 Å². The summed E-state index contributed by atoms with van der Waals surface area (Å²) in [5.41, 5.74) is 5.02. The Morgan fingerprint density at radius 1 is 0.714 bits per heavy atom. The first kappa shape index (κ1) is 16.7. The first-order valence-electron chi connectivity index (χ1n) is 9.05. The molecule has 0 saturated carbocycles. The molecule has 0 unspecified atom stereocenters. The average Bonchev–Trinajstić information content (AvgIpc) is 2.76. The second-order valence-corrected chi connectivity index (χ2v) is 6.96. The van der Waals surface area contributed by atoms with Gasteiger partial charge in [-0.25, -0.2) is 4.98 Å². The predicted molar refractivity (Wildman–Crippen MR) is 119 cm³/mol. The second kappa shape index (κ2) is 6.95. The Kier molecular flexibility index (Phi) is 4.15. The number of halogens is 1. The molecule has 0 aliphatic rings. The Labute approximate surface area is 167 Å². The highest BCUT2D eigenvalue weighted by Gasteiger charge is 2.10. The van der Waals surface area contributed by atoms with E-state index < -0.39 is 0 Å². The van der Waals surface area contributed by atoms with Gasteiger partial charge in [-0.3, -0.25) is 5.43 Å². The van der Waals surface area contributed by atoms with Crippen molar-refractivity contribution in [2.75, 3.05) is 5.43 Å². The lowest BCUT2D eigenvalue weighted by Gasteiger charge is -2.10. The molecular weight excluding hydrogens is 366 g/mol. The van der Waals surface area contributed by atoms with Gasteiger partial charge in [0.1, 0.15) is 5.82 Å². The van der Waals surface area contributed by atoms with Crippen molar-refractivity contribution >= 4 is 56.1 Å². The first-order chi connectivity index (χ1) is 13.8. The van der Waals surface area contributed by atoms with Crippen molar-refractivity contribution in [3.63, 3.8) is 0 Å². The zero-order chi connectivity index (χ0) is 18.9. The topological polar surface area (TPSA) is 37.3 Å². The van der Waals surface area contributed by atoms with Crippen LogP contribution in [-0.2, 0) is 0 Å². The molecule has 0 saturated heterocycles. The third-order valence-corrected chi connectivity index (χ3v) is 5.29. The van der Waals surface area contributed by atoms with E-state index in [0.717, 1.165) is 43.0 Å². The monoisotopic (exact) mass is 381 g/mol. The molecule has 0 amide bonds. The summed E-state index contributed by atoms with van der Waals surface area (Å²) in [5.74, 6) is 0.706. The molecule has 3 nitrogen and oxygen atoms in total. The van der Waals surface area contributed by atoms with Crippen LogP contribution in [0.15, 0.2) is 90.0 Å². The number of hydrazone groups is 1. The summed E-state index contributed by atoms with van der Waals surface area (Å²) in [6, 6.07) is 28.2. The van der Waals surface area contributed by atoms with Crippen molar-refractivity contribution in [2.45, 2.75) is 0 Å². The molecule has 5 aromatic rings. The number of benzene rings is 4. The van der Waals surface area contributed by atoms with Gasteiger partial charge in [0.15, 0.2) is 0 Å². The zero-order valence-electron chi connectivity index (χ0n) is 14.9. The summed E-state index contributed by atoms with van der Waals surface area (Å²) < 4.78 is 0. The maximum atomic E-state index is 6.66. The summed E-state index contributed by atoms with van der Waals surface area (Å²) in [6.45, 7) is 0. The van der Waals surface area contributed by atoms with Gasteiger partial charge in [0.05, 0.1) is 16.8 Å². The molecule has 5 rings (SSSR count). The minimum absolute atomic E-state index is 0.706. The summed E-state index contributed by atoms with van der Waals surface area (Å²) >= 11 is 6.66. The molecule has 134 valence electrons. The van der Waals surface area contributed by atoms with Gasteiger partial charge < -0.3 is 0 Å². The van der Waals surface area contributed by atoms with Gasteiger partial charge >= 0.3 is 0 Å². The number of hydrogen-bond acceptors (Lipinski definition) is 3. The quantitative estimate of drug-likeness (QED) is 0.216. The fourth-order valence-corrected chi connectivity index (χ4v) is 3.87. The molecule has 1 heterocycles. The molecule has 4 aromatic carbocycles. The lowest BCUT2D eigenvalue weighted by atomic mass is 9.97. The van der Waals surface area contributed by atoms with Crippen LogP contribution in [-0.4, -0.2) is 11.2 Å². The highest BCUT2D eigenvalue weighted by molar-refractivity contribution is 6.42. The van der Waals surface area contributed by atoms with Crippen LogP contribution >= 0.6 is 11.6 Å². The van der Waals surface area contributed by atoms with Gasteiger partial charge in [-0.1, -0.05) is 78.3 Å². The number of nitrogens with zero attached hydrogens (tertiary/aromatic N) is 2. The van der Waals surface area contributed by atoms with Crippen LogP contribution in [0.2, 0.25) is 5.02 Å². The summed E-state index contributed by atoms with van der Waals surface area (Å²) in [6.07, 6.45) is 1.85. The van der Waals surface area contributed by atoms with E-state index >= 15 is 0 Å². The van der Waals surface area contributed by atoms with Crippen molar-refractivity contribution in [3.05, 3.63) is 95.5 Å². The number of fused-ring (bicyclic) bond motifs is 3. The molecule has 0 bridgehead atoms. The zero-order valence-corrected chi connectivity index (χ0v) is 15.7. The average molecular weight is 382 g/mol. The highest BCUT2D eigenvalue weighted by Crippen LogP contribution is 2.35. The van der Waals surface area contributed by atoms with Crippen LogP contribution < -0.4 is 5.43 Å². The minimum Gasteiger partial charge on any atom is -0.261 e. The molecule has 0 aliphatic carbocycles. The van der Waals surface area contributed by atoms with Gasteiger partial charge in [0.2, 0.25) is 0 Å². The van der Waals surface area contributed by atoms with E-state index in [1.54, 1.807) is 0 Å². The van der Waals surface area contributed by atoms with E-state index in [9.17, 15) is 0 Å². The molecule has 0 spiro atoms. The Morgan fingerprint density at radius 2 is 1.32 bits per heavy atom. The summed E-state index contributed by atoms with van der Waals surface area (Å²) in [5, 5.41) is 10.5. The highest BCUT2D eigenvalue weighted by atomic mass is 35.5.